The summed E-state index contributed by atoms with van der Waals surface area (Å²) >= 11 is 6.42. The summed E-state index contributed by atoms with van der Waals surface area (Å²) in [6.07, 6.45) is 0. The summed E-state index contributed by atoms with van der Waals surface area (Å²) in [6.45, 7) is 0. The van der Waals surface area contributed by atoms with Gasteiger partial charge in [0.1, 0.15) is 0 Å². The SMILES string of the molecule is Clc1cccc(-c2cccc(C3(c4ccc(-c5cccc6ccccc56)cc4)c4ccccc4-c4ccccc43)c2)c1. The summed E-state index contributed by atoms with van der Waals surface area (Å²) in [6, 6.07) is 59.3. The van der Waals surface area contributed by atoms with Crippen LogP contribution in [0.1, 0.15) is 22.3 Å². The van der Waals surface area contributed by atoms with Gasteiger partial charge in [-0.2, -0.15) is 0 Å². The van der Waals surface area contributed by atoms with E-state index in [0.717, 1.165) is 16.1 Å². The molecular weight excluding hydrogens is 528 g/mol. The van der Waals surface area contributed by atoms with Crippen molar-refractivity contribution in [3.63, 3.8) is 0 Å². The maximum atomic E-state index is 6.42. The lowest BCUT2D eigenvalue weighted by molar-refractivity contribution is 0.769. The molecule has 1 aliphatic rings. The smallest absolute Gasteiger partial charge is 0.0713 e. The molecule has 7 aromatic rings. The fraction of sp³-hybridized carbons (Fsp3) is 0.0244. The number of fused-ring (bicyclic) bond motifs is 4. The molecule has 0 amide bonds. The average molecular weight is 555 g/mol. The molecule has 7 aromatic carbocycles. The second-order valence-electron chi connectivity index (χ2n) is 11.0. The minimum atomic E-state index is -0.459. The monoisotopic (exact) mass is 554 g/mol. The van der Waals surface area contributed by atoms with Crippen molar-refractivity contribution in [1.29, 1.82) is 0 Å². The highest BCUT2D eigenvalue weighted by Crippen LogP contribution is 2.56. The van der Waals surface area contributed by atoms with Crippen molar-refractivity contribution in [2.45, 2.75) is 5.41 Å². The molecule has 0 saturated carbocycles. The quantitative estimate of drug-likeness (QED) is 0.203. The second-order valence-corrected chi connectivity index (χ2v) is 11.5. The molecule has 42 heavy (non-hydrogen) atoms. The highest BCUT2D eigenvalue weighted by atomic mass is 35.5. The lowest BCUT2D eigenvalue weighted by Crippen LogP contribution is -2.28. The van der Waals surface area contributed by atoms with Gasteiger partial charge in [-0.3, -0.25) is 0 Å². The molecule has 0 bridgehead atoms. The van der Waals surface area contributed by atoms with E-state index in [9.17, 15) is 0 Å². The van der Waals surface area contributed by atoms with Crippen LogP contribution in [0.3, 0.4) is 0 Å². The molecule has 0 aromatic heterocycles. The number of hydrogen-bond acceptors (Lipinski definition) is 0. The lowest BCUT2D eigenvalue weighted by atomic mass is 9.67. The Labute approximate surface area is 251 Å². The van der Waals surface area contributed by atoms with Gasteiger partial charge < -0.3 is 0 Å². The van der Waals surface area contributed by atoms with Gasteiger partial charge in [0.15, 0.2) is 0 Å². The van der Waals surface area contributed by atoms with Gasteiger partial charge in [-0.15, -0.1) is 0 Å². The maximum absolute atomic E-state index is 6.42. The van der Waals surface area contributed by atoms with Crippen molar-refractivity contribution in [3.8, 4) is 33.4 Å². The lowest BCUT2D eigenvalue weighted by Gasteiger charge is -2.34. The molecule has 0 aliphatic heterocycles. The fourth-order valence-corrected chi connectivity index (χ4v) is 7.19. The van der Waals surface area contributed by atoms with Crippen LogP contribution in [0.15, 0.2) is 164 Å². The molecule has 1 heteroatoms. The van der Waals surface area contributed by atoms with E-state index in [0.29, 0.717) is 0 Å². The third-order valence-corrected chi connectivity index (χ3v) is 9.06. The maximum Gasteiger partial charge on any atom is 0.0713 e. The third-order valence-electron chi connectivity index (χ3n) is 8.82. The standard InChI is InChI=1S/C41H27Cl/c42-34-15-8-13-31(27-34)30-12-7-14-33(26-30)41(39-20-5-3-17-37(39)38-18-4-6-21-40(38)41)32-24-22-29(23-25-32)36-19-9-11-28-10-1-2-16-35(28)36/h1-27H. The van der Waals surface area contributed by atoms with Crippen LogP contribution in [0, 0.1) is 0 Å². The Morgan fingerprint density at radius 1 is 0.381 bits per heavy atom. The number of hydrogen-bond donors (Lipinski definition) is 0. The van der Waals surface area contributed by atoms with E-state index in [1.807, 2.05) is 18.2 Å². The van der Waals surface area contributed by atoms with Crippen LogP contribution in [0.2, 0.25) is 5.02 Å². The summed E-state index contributed by atoms with van der Waals surface area (Å²) in [5.41, 5.74) is 12.0. The van der Waals surface area contributed by atoms with Crippen LogP contribution in [-0.4, -0.2) is 0 Å². The minimum Gasteiger partial charge on any atom is -0.0843 e. The summed E-state index contributed by atoms with van der Waals surface area (Å²) < 4.78 is 0. The first-order valence-electron chi connectivity index (χ1n) is 14.4. The molecule has 1 aliphatic carbocycles. The molecule has 198 valence electrons. The number of rotatable bonds is 4. The first-order valence-corrected chi connectivity index (χ1v) is 14.8. The normalized spacial score (nSPS) is 13.1. The molecule has 0 atom stereocenters. The molecule has 0 nitrogen and oxygen atoms in total. The average Bonchev–Trinajstić information content (AvgIpc) is 3.36. The zero-order valence-corrected chi connectivity index (χ0v) is 23.7. The summed E-state index contributed by atoms with van der Waals surface area (Å²) in [5, 5.41) is 3.27. The molecule has 0 unspecified atom stereocenters. The van der Waals surface area contributed by atoms with Crippen LogP contribution in [0.4, 0.5) is 0 Å². The Hall–Kier alpha value is -4.91. The van der Waals surface area contributed by atoms with E-state index in [2.05, 4.69) is 146 Å². The van der Waals surface area contributed by atoms with Crippen molar-refractivity contribution < 1.29 is 0 Å². The van der Waals surface area contributed by atoms with E-state index in [4.69, 9.17) is 11.6 Å². The van der Waals surface area contributed by atoms with Gasteiger partial charge in [0.05, 0.1) is 5.41 Å². The molecule has 8 rings (SSSR count). The fourth-order valence-electron chi connectivity index (χ4n) is 7.00. The summed E-state index contributed by atoms with van der Waals surface area (Å²) in [7, 11) is 0. The Morgan fingerprint density at radius 3 is 1.69 bits per heavy atom. The third kappa shape index (κ3) is 3.76. The predicted molar refractivity (Wildman–Crippen MR) is 177 cm³/mol. The first-order chi connectivity index (χ1) is 20.7. The second kappa shape index (κ2) is 9.87. The molecular formula is C41H27Cl. The van der Waals surface area contributed by atoms with Crippen molar-refractivity contribution in [2.24, 2.45) is 0 Å². The van der Waals surface area contributed by atoms with Crippen LogP contribution in [0.5, 0.6) is 0 Å². The molecule has 0 heterocycles. The summed E-state index contributed by atoms with van der Waals surface area (Å²) in [5.74, 6) is 0. The Balaban J connectivity index is 1.38. The predicted octanol–water partition coefficient (Wildman–Crippen LogP) is 11.2. The van der Waals surface area contributed by atoms with Crippen LogP contribution < -0.4 is 0 Å². The van der Waals surface area contributed by atoms with E-state index in [1.165, 1.54) is 55.3 Å². The van der Waals surface area contributed by atoms with E-state index < -0.39 is 5.41 Å². The van der Waals surface area contributed by atoms with Gasteiger partial charge in [-0.1, -0.05) is 157 Å². The molecule has 0 N–H and O–H groups in total. The van der Waals surface area contributed by atoms with Crippen molar-refractivity contribution in [1.82, 2.24) is 0 Å². The minimum absolute atomic E-state index is 0.459. The zero-order valence-electron chi connectivity index (χ0n) is 23.0. The van der Waals surface area contributed by atoms with E-state index >= 15 is 0 Å². The Bertz CT molecular complexity index is 2050. The van der Waals surface area contributed by atoms with Crippen LogP contribution in [0.25, 0.3) is 44.2 Å². The van der Waals surface area contributed by atoms with Crippen molar-refractivity contribution in [2.75, 3.05) is 0 Å². The van der Waals surface area contributed by atoms with Gasteiger partial charge in [-0.05, 0) is 84.6 Å². The number of benzene rings is 7. The summed E-state index contributed by atoms with van der Waals surface area (Å²) in [4.78, 5) is 0. The largest absolute Gasteiger partial charge is 0.0843 e. The van der Waals surface area contributed by atoms with Crippen molar-refractivity contribution in [3.05, 3.63) is 191 Å². The van der Waals surface area contributed by atoms with Crippen molar-refractivity contribution >= 4 is 22.4 Å². The molecule has 0 saturated heterocycles. The van der Waals surface area contributed by atoms with Gasteiger partial charge in [-0.25, -0.2) is 0 Å². The van der Waals surface area contributed by atoms with E-state index in [1.54, 1.807) is 0 Å². The Morgan fingerprint density at radius 2 is 0.952 bits per heavy atom. The van der Waals surface area contributed by atoms with Crippen LogP contribution in [-0.2, 0) is 5.41 Å². The highest BCUT2D eigenvalue weighted by Gasteiger charge is 2.45. The zero-order chi connectivity index (χ0) is 28.1. The van der Waals surface area contributed by atoms with Gasteiger partial charge >= 0.3 is 0 Å². The molecule has 0 spiro atoms. The van der Waals surface area contributed by atoms with Gasteiger partial charge in [0.2, 0.25) is 0 Å². The molecule has 0 fully saturated rings. The van der Waals surface area contributed by atoms with Gasteiger partial charge in [0.25, 0.3) is 0 Å². The molecule has 0 radical (unpaired) electrons. The highest BCUT2D eigenvalue weighted by molar-refractivity contribution is 6.30. The van der Waals surface area contributed by atoms with Gasteiger partial charge in [0, 0.05) is 5.02 Å². The topological polar surface area (TPSA) is 0 Å². The Kier molecular flexibility index (Phi) is 5.84. The van der Waals surface area contributed by atoms with E-state index in [-0.39, 0.29) is 0 Å². The number of halogens is 1. The van der Waals surface area contributed by atoms with Crippen LogP contribution >= 0.6 is 11.6 Å². The first kappa shape index (κ1) is 24.9.